The minimum absolute atomic E-state index is 0.188. The molecule has 0 fully saturated rings. The zero-order valence-corrected chi connectivity index (χ0v) is 11.5. The number of nitrogens with zero attached hydrogens (tertiary/aromatic N) is 1. The molecule has 1 rings (SSSR count). The molecule has 0 atom stereocenters. The van der Waals surface area contributed by atoms with Gasteiger partial charge in [-0.05, 0) is 44.5 Å². The van der Waals surface area contributed by atoms with Crippen molar-refractivity contribution in [1.82, 2.24) is 0 Å². The molecule has 0 bridgehead atoms. The molecule has 0 heterocycles. The van der Waals surface area contributed by atoms with E-state index in [1.54, 1.807) is 6.07 Å². The number of rotatable bonds is 8. The number of carboxylic acids is 2. The smallest absolute Gasteiger partial charge is 0.336 e. The summed E-state index contributed by atoms with van der Waals surface area (Å²) in [7, 11) is 0. The highest BCUT2D eigenvalue weighted by atomic mass is 16.4. The minimum Gasteiger partial charge on any atom is -0.478 e. The van der Waals surface area contributed by atoms with Gasteiger partial charge >= 0.3 is 11.9 Å². The first kappa shape index (κ1) is 16.0. The third-order valence-corrected chi connectivity index (χ3v) is 3.09. The van der Waals surface area contributed by atoms with E-state index in [2.05, 4.69) is 0 Å². The van der Waals surface area contributed by atoms with Crippen LogP contribution in [0.1, 0.15) is 40.5 Å². The number of hydrogen-bond donors (Lipinski definition) is 3. The fourth-order valence-corrected chi connectivity index (χ4v) is 2.01. The maximum Gasteiger partial charge on any atom is 0.336 e. The summed E-state index contributed by atoms with van der Waals surface area (Å²) in [5.41, 5.74) is 5.78. The zero-order valence-electron chi connectivity index (χ0n) is 11.5. The number of anilines is 1. The van der Waals surface area contributed by atoms with Crippen molar-refractivity contribution in [3.63, 3.8) is 0 Å². The first-order valence-corrected chi connectivity index (χ1v) is 6.56. The molecule has 0 unspecified atom stereocenters. The van der Waals surface area contributed by atoms with Gasteiger partial charge in [-0.1, -0.05) is 0 Å². The summed E-state index contributed by atoms with van der Waals surface area (Å²) in [6.45, 7) is 4.07. The molecule has 4 N–H and O–H groups in total. The number of nitrogens with two attached hydrogens (primary N) is 1. The summed E-state index contributed by atoms with van der Waals surface area (Å²) in [6, 6.07) is 4.40. The van der Waals surface area contributed by atoms with Crippen LogP contribution in [0.3, 0.4) is 0 Å². The molecule has 20 heavy (non-hydrogen) atoms. The van der Waals surface area contributed by atoms with Crippen LogP contribution >= 0.6 is 0 Å². The van der Waals surface area contributed by atoms with E-state index in [0.29, 0.717) is 12.2 Å². The summed E-state index contributed by atoms with van der Waals surface area (Å²) >= 11 is 0. The lowest BCUT2D eigenvalue weighted by atomic mass is 10.1. The van der Waals surface area contributed by atoms with Gasteiger partial charge in [0.25, 0.3) is 0 Å². The van der Waals surface area contributed by atoms with Gasteiger partial charge in [-0.2, -0.15) is 0 Å². The van der Waals surface area contributed by atoms with Gasteiger partial charge in [0.1, 0.15) is 0 Å². The van der Waals surface area contributed by atoms with Crippen molar-refractivity contribution >= 4 is 17.6 Å². The topological polar surface area (TPSA) is 104 Å². The van der Waals surface area contributed by atoms with Crippen molar-refractivity contribution < 1.29 is 19.8 Å². The van der Waals surface area contributed by atoms with E-state index in [-0.39, 0.29) is 11.1 Å². The molecule has 0 amide bonds. The van der Waals surface area contributed by atoms with Gasteiger partial charge in [-0.15, -0.1) is 0 Å². The Morgan fingerprint density at radius 2 is 1.80 bits per heavy atom. The largest absolute Gasteiger partial charge is 0.478 e. The van der Waals surface area contributed by atoms with E-state index < -0.39 is 11.9 Å². The molecule has 110 valence electrons. The molecule has 0 aromatic heterocycles. The van der Waals surface area contributed by atoms with E-state index in [1.807, 2.05) is 11.8 Å². The molecule has 1 aromatic carbocycles. The van der Waals surface area contributed by atoms with E-state index >= 15 is 0 Å². The second-order valence-electron chi connectivity index (χ2n) is 4.42. The number of hydrogen-bond acceptors (Lipinski definition) is 4. The third kappa shape index (κ3) is 3.96. The Hall–Kier alpha value is -2.08. The van der Waals surface area contributed by atoms with Crippen molar-refractivity contribution in [1.29, 1.82) is 0 Å². The number of aromatic carboxylic acids is 2. The predicted molar refractivity (Wildman–Crippen MR) is 76.5 cm³/mol. The van der Waals surface area contributed by atoms with Crippen LogP contribution in [0.4, 0.5) is 5.69 Å². The average Bonchev–Trinajstić information content (AvgIpc) is 2.43. The van der Waals surface area contributed by atoms with Gasteiger partial charge < -0.3 is 20.8 Å². The highest BCUT2D eigenvalue weighted by Crippen LogP contribution is 2.20. The summed E-state index contributed by atoms with van der Waals surface area (Å²) in [5, 5.41) is 18.1. The Kier molecular flexibility index (Phi) is 5.99. The molecule has 1 aromatic rings. The molecular weight excluding hydrogens is 260 g/mol. The Morgan fingerprint density at radius 3 is 2.30 bits per heavy atom. The molecule has 0 saturated carbocycles. The number of unbranched alkanes of at least 4 members (excludes halogenated alkanes) is 1. The highest BCUT2D eigenvalue weighted by Gasteiger charge is 2.17. The Balaban J connectivity index is 3.02. The molecule has 0 spiro atoms. The molecule has 0 aliphatic heterocycles. The predicted octanol–water partition coefficient (Wildman–Crippen LogP) is 1.65. The van der Waals surface area contributed by atoms with E-state index in [4.69, 9.17) is 15.9 Å². The minimum atomic E-state index is -1.24. The maximum absolute atomic E-state index is 11.2. The van der Waals surface area contributed by atoms with Crippen LogP contribution in [0.25, 0.3) is 0 Å². The summed E-state index contributed by atoms with van der Waals surface area (Å²) in [4.78, 5) is 24.2. The van der Waals surface area contributed by atoms with Gasteiger partial charge in [0, 0.05) is 18.8 Å². The van der Waals surface area contributed by atoms with E-state index in [1.165, 1.54) is 12.1 Å². The Labute approximate surface area is 117 Å². The van der Waals surface area contributed by atoms with Crippen molar-refractivity contribution in [3.8, 4) is 0 Å². The molecular formula is C14H20N2O4. The summed E-state index contributed by atoms with van der Waals surface area (Å²) in [5.74, 6) is -2.47. The van der Waals surface area contributed by atoms with Gasteiger partial charge in [-0.25, -0.2) is 9.59 Å². The quantitative estimate of drug-likeness (QED) is 0.625. The molecule has 0 aliphatic carbocycles. The van der Waals surface area contributed by atoms with Gasteiger partial charge in [-0.3, -0.25) is 0 Å². The normalized spacial score (nSPS) is 10.3. The second-order valence-corrected chi connectivity index (χ2v) is 4.42. The van der Waals surface area contributed by atoms with Crippen LogP contribution in [-0.2, 0) is 0 Å². The lowest BCUT2D eigenvalue weighted by Crippen LogP contribution is -2.25. The molecule has 6 heteroatoms. The Morgan fingerprint density at radius 1 is 1.15 bits per heavy atom. The van der Waals surface area contributed by atoms with Crippen LogP contribution < -0.4 is 10.6 Å². The molecule has 0 radical (unpaired) electrons. The monoisotopic (exact) mass is 280 g/mol. The van der Waals surface area contributed by atoms with Crippen LogP contribution in [-0.4, -0.2) is 41.8 Å². The van der Waals surface area contributed by atoms with Crippen LogP contribution in [0.15, 0.2) is 18.2 Å². The van der Waals surface area contributed by atoms with Crippen molar-refractivity contribution in [2.24, 2.45) is 5.73 Å². The zero-order chi connectivity index (χ0) is 15.1. The lowest BCUT2D eigenvalue weighted by molar-refractivity contribution is 0.0651. The number of benzene rings is 1. The first-order chi connectivity index (χ1) is 9.51. The molecule has 0 saturated heterocycles. The number of carbonyl (C=O) groups is 2. The van der Waals surface area contributed by atoms with E-state index in [0.717, 1.165) is 25.9 Å². The van der Waals surface area contributed by atoms with Crippen LogP contribution in [0.2, 0.25) is 0 Å². The highest BCUT2D eigenvalue weighted by molar-refractivity contribution is 6.02. The second kappa shape index (κ2) is 7.49. The van der Waals surface area contributed by atoms with E-state index in [9.17, 15) is 9.59 Å². The number of carboxylic acid groups (broad SMARTS) is 2. The summed E-state index contributed by atoms with van der Waals surface area (Å²) < 4.78 is 0. The SMILES string of the molecule is CCN(CCCCN)c1ccc(C(=O)O)c(C(=O)O)c1. The van der Waals surface area contributed by atoms with Gasteiger partial charge in [0.15, 0.2) is 0 Å². The third-order valence-electron chi connectivity index (χ3n) is 3.09. The molecule has 6 nitrogen and oxygen atoms in total. The molecule has 0 aliphatic rings. The van der Waals surface area contributed by atoms with Crippen molar-refractivity contribution in [2.45, 2.75) is 19.8 Å². The maximum atomic E-state index is 11.2. The summed E-state index contributed by atoms with van der Waals surface area (Å²) in [6.07, 6.45) is 1.81. The first-order valence-electron chi connectivity index (χ1n) is 6.56. The fraction of sp³-hybridized carbons (Fsp3) is 0.429. The van der Waals surface area contributed by atoms with Gasteiger partial charge in [0.05, 0.1) is 11.1 Å². The van der Waals surface area contributed by atoms with Crippen LogP contribution in [0, 0.1) is 0 Å². The van der Waals surface area contributed by atoms with Crippen molar-refractivity contribution in [2.75, 3.05) is 24.5 Å². The Bertz CT molecular complexity index is 488. The van der Waals surface area contributed by atoms with Crippen molar-refractivity contribution in [3.05, 3.63) is 29.3 Å². The van der Waals surface area contributed by atoms with Gasteiger partial charge in [0.2, 0.25) is 0 Å². The lowest BCUT2D eigenvalue weighted by Gasteiger charge is -2.23. The van der Waals surface area contributed by atoms with Crippen LogP contribution in [0.5, 0.6) is 0 Å². The fourth-order valence-electron chi connectivity index (χ4n) is 2.01. The average molecular weight is 280 g/mol. The standard InChI is InChI=1S/C14H20N2O4/c1-2-16(8-4-3-7-15)10-5-6-11(13(17)18)12(9-10)14(19)20/h5-6,9H,2-4,7-8,15H2,1H3,(H,17,18)(H,19,20).